The first-order valence-corrected chi connectivity index (χ1v) is 6.00. The van der Waals surface area contributed by atoms with E-state index in [1.807, 2.05) is 6.07 Å². The number of hydrogen-bond acceptors (Lipinski definition) is 3. The smallest absolute Gasteiger partial charge is 0.418 e. The van der Waals surface area contributed by atoms with Crippen molar-refractivity contribution in [1.29, 1.82) is 5.26 Å². The van der Waals surface area contributed by atoms with Crippen LogP contribution in [0.5, 0.6) is 11.5 Å². The molecule has 0 aliphatic rings. The second-order valence-electron chi connectivity index (χ2n) is 4.33. The molecule has 0 bridgehead atoms. The molecule has 0 unspecified atom stereocenters. The second kappa shape index (κ2) is 5.75. The number of nitriles is 1. The number of nitrogens with two attached hydrogens (primary N) is 1. The third-order valence-corrected chi connectivity index (χ3v) is 2.77. The van der Waals surface area contributed by atoms with Gasteiger partial charge < -0.3 is 10.5 Å². The molecule has 0 saturated carbocycles. The quantitative estimate of drug-likeness (QED) is 0.865. The third-order valence-electron chi connectivity index (χ3n) is 2.77. The van der Waals surface area contributed by atoms with E-state index in [0.717, 1.165) is 17.7 Å². The summed E-state index contributed by atoms with van der Waals surface area (Å²) in [6.07, 6.45) is -4.26. The molecular formula is C15H11F3N2O. The lowest BCUT2D eigenvalue weighted by Gasteiger charge is -2.12. The normalized spacial score (nSPS) is 11.0. The van der Waals surface area contributed by atoms with Crippen LogP contribution in [0, 0.1) is 11.3 Å². The molecular weight excluding hydrogens is 281 g/mol. The number of benzene rings is 2. The van der Waals surface area contributed by atoms with E-state index in [1.54, 1.807) is 24.3 Å². The Morgan fingerprint density at radius 3 is 2.24 bits per heavy atom. The van der Waals surface area contributed by atoms with Crippen LogP contribution < -0.4 is 10.5 Å². The van der Waals surface area contributed by atoms with E-state index in [9.17, 15) is 13.2 Å². The van der Waals surface area contributed by atoms with Gasteiger partial charge in [0.2, 0.25) is 0 Å². The number of nitrogen functional groups attached to an aromatic ring is 1. The van der Waals surface area contributed by atoms with E-state index >= 15 is 0 Å². The van der Waals surface area contributed by atoms with E-state index < -0.39 is 11.7 Å². The van der Waals surface area contributed by atoms with Gasteiger partial charge in [-0.25, -0.2) is 0 Å². The maximum absolute atomic E-state index is 12.7. The lowest BCUT2D eigenvalue weighted by molar-refractivity contribution is -0.137. The molecule has 0 spiro atoms. The molecule has 0 amide bonds. The van der Waals surface area contributed by atoms with Gasteiger partial charge in [-0.2, -0.15) is 18.4 Å². The Bertz CT molecular complexity index is 673. The van der Waals surface area contributed by atoms with Crippen molar-refractivity contribution in [3.05, 3.63) is 53.6 Å². The monoisotopic (exact) mass is 292 g/mol. The third kappa shape index (κ3) is 3.66. The highest BCUT2D eigenvalue weighted by Crippen LogP contribution is 2.36. The Hall–Kier alpha value is -2.68. The Kier molecular flexibility index (Phi) is 4.03. The van der Waals surface area contributed by atoms with Crippen LogP contribution in [0.3, 0.4) is 0 Å². The maximum Gasteiger partial charge on any atom is 0.418 e. The first kappa shape index (κ1) is 14.7. The van der Waals surface area contributed by atoms with Crippen molar-refractivity contribution in [2.24, 2.45) is 0 Å². The SMILES string of the molecule is N#CCc1ccc(Oc2ccc(N)c(C(F)(F)F)c2)cc1. The summed E-state index contributed by atoms with van der Waals surface area (Å²) in [4.78, 5) is 0. The van der Waals surface area contributed by atoms with Gasteiger partial charge in [-0.3, -0.25) is 0 Å². The Morgan fingerprint density at radius 2 is 1.67 bits per heavy atom. The Morgan fingerprint density at radius 1 is 1.05 bits per heavy atom. The largest absolute Gasteiger partial charge is 0.457 e. The molecule has 6 heteroatoms. The van der Waals surface area contributed by atoms with Gasteiger partial charge >= 0.3 is 6.18 Å². The molecule has 3 nitrogen and oxygen atoms in total. The molecule has 0 aliphatic heterocycles. The standard InChI is InChI=1S/C15H11F3N2O/c16-15(17,18)13-9-12(5-6-14(13)20)21-11-3-1-10(2-4-11)7-8-19/h1-6,9H,7,20H2. The van der Waals surface area contributed by atoms with E-state index in [4.69, 9.17) is 15.7 Å². The summed E-state index contributed by atoms with van der Waals surface area (Å²) in [5, 5.41) is 8.56. The summed E-state index contributed by atoms with van der Waals surface area (Å²) >= 11 is 0. The van der Waals surface area contributed by atoms with E-state index in [1.165, 1.54) is 6.07 Å². The first-order chi connectivity index (χ1) is 9.90. The Labute approximate surface area is 119 Å². The summed E-state index contributed by atoms with van der Waals surface area (Å²) in [6, 6.07) is 11.9. The number of rotatable bonds is 3. The van der Waals surface area contributed by atoms with Crippen LogP contribution in [0.1, 0.15) is 11.1 Å². The van der Waals surface area contributed by atoms with Gasteiger partial charge in [-0.05, 0) is 35.9 Å². The maximum atomic E-state index is 12.7. The summed E-state index contributed by atoms with van der Waals surface area (Å²) < 4.78 is 43.6. The number of halogens is 3. The fraction of sp³-hybridized carbons (Fsp3) is 0.133. The van der Waals surface area contributed by atoms with Crippen molar-refractivity contribution < 1.29 is 17.9 Å². The number of anilines is 1. The van der Waals surface area contributed by atoms with Crippen molar-refractivity contribution in [2.75, 3.05) is 5.73 Å². The van der Waals surface area contributed by atoms with Crippen LogP contribution >= 0.6 is 0 Å². The zero-order valence-corrected chi connectivity index (χ0v) is 10.8. The van der Waals surface area contributed by atoms with Gasteiger partial charge in [0.25, 0.3) is 0 Å². The van der Waals surface area contributed by atoms with Crippen molar-refractivity contribution in [1.82, 2.24) is 0 Å². The molecule has 0 fully saturated rings. The average molecular weight is 292 g/mol. The van der Waals surface area contributed by atoms with E-state index in [-0.39, 0.29) is 17.9 Å². The predicted molar refractivity (Wildman–Crippen MR) is 71.7 cm³/mol. The topological polar surface area (TPSA) is 59.0 Å². The van der Waals surface area contributed by atoms with Crippen LogP contribution in [-0.4, -0.2) is 0 Å². The number of hydrogen-bond donors (Lipinski definition) is 1. The minimum Gasteiger partial charge on any atom is -0.457 e. The van der Waals surface area contributed by atoms with Crippen LogP contribution in [0.2, 0.25) is 0 Å². The fourth-order valence-corrected chi connectivity index (χ4v) is 1.75. The summed E-state index contributed by atoms with van der Waals surface area (Å²) in [5.74, 6) is 0.430. The predicted octanol–water partition coefficient (Wildman–Crippen LogP) is 4.15. The van der Waals surface area contributed by atoms with Gasteiger partial charge in [0.15, 0.2) is 0 Å². The van der Waals surface area contributed by atoms with Crippen LogP contribution in [0.25, 0.3) is 0 Å². The van der Waals surface area contributed by atoms with Crippen molar-refractivity contribution in [2.45, 2.75) is 12.6 Å². The molecule has 0 atom stereocenters. The molecule has 21 heavy (non-hydrogen) atoms. The lowest BCUT2D eigenvalue weighted by atomic mass is 10.1. The highest BCUT2D eigenvalue weighted by molar-refractivity contribution is 5.52. The van der Waals surface area contributed by atoms with Gasteiger partial charge in [-0.15, -0.1) is 0 Å². The molecule has 2 aromatic carbocycles. The highest BCUT2D eigenvalue weighted by atomic mass is 19.4. The van der Waals surface area contributed by atoms with Crippen molar-refractivity contribution in [3.8, 4) is 17.6 Å². The number of ether oxygens (including phenoxy) is 1. The van der Waals surface area contributed by atoms with Gasteiger partial charge in [0, 0.05) is 5.69 Å². The fourth-order valence-electron chi connectivity index (χ4n) is 1.75. The molecule has 0 saturated heterocycles. The summed E-state index contributed by atoms with van der Waals surface area (Å²) in [5.41, 5.74) is 4.84. The van der Waals surface area contributed by atoms with Crippen LogP contribution in [-0.2, 0) is 12.6 Å². The lowest BCUT2D eigenvalue weighted by Crippen LogP contribution is -2.08. The average Bonchev–Trinajstić information content (AvgIpc) is 2.42. The molecule has 108 valence electrons. The summed E-state index contributed by atoms with van der Waals surface area (Å²) in [6.45, 7) is 0. The second-order valence-corrected chi connectivity index (χ2v) is 4.33. The summed E-state index contributed by atoms with van der Waals surface area (Å²) in [7, 11) is 0. The Balaban J connectivity index is 2.22. The van der Waals surface area contributed by atoms with Crippen LogP contribution in [0.15, 0.2) is 42.5 Å². The zero-order chi connectivity index (χ0) is 15.5. The molecule has 0 aliphatic carbocycles. The minimum absolute atomic E-state index is 0.0459. The first-order valence-electron chi connectivity index (χ1n) is 6.00. The minimum atomic E-state index is -4.53. The van der Waals surface area contributed by atoms with Gasteiger partial charge in [0.05, 0.1) is 18.1 Å². The van der Waals surface area contributed by atoms with Gasteiger partial charge in [0.1, 0.15) is 11.5 Å². The molecule has 2 N–H and O–H groups in total. The van der Waals surface area contributed by atoms with E-state index in [0.29, 0.717) is 5.75 Å². The molecule has 0 heterocycles. The molecule has 2 rings (SSSR count). The number of nitrogens with zero attached hydrogens (tertiary/aromatic N) is 1. The molecule has 0 radical (unpaired) electrons. The van der Waals surface area contributed by atoms with Gasteiger partial charge in [-0.1, -0.05) is 12.1 Å². The van der Waals surface area contributed by atoms with E-state index in [2.05, 4.69) is 0 Å². The zero-order valence-electron chi connectivity index (χ0n) is 10.8. The molecule has 0 aromatic heterocycles. The van der Waals surface area contributed by atoms with Crippen LogP contribution in [0.4, 0.5) is 18.9 Å². The van der Waals surface area contributed by atoms with Crippen molar-refractivity contribution in [3.63, 3.8) is 0 Å². The highest BCUT2D eigenvalue weighted by Gasteiger charge is 2.33. The van der Waals surface area contributed by atoms with Crippen molar-refractivity contribution >= 4 is 5.69 Å². The number of alkyl halides is 3. The molecule has 2 aromatic rings.